The van der Waals surface area contributed by atoms with Gasteiger partial charge in [-0.15, -0.1) is 0 Å². The Kier molecular flexibility index (Phi) is 1.55. The fourth-order valence-electron chi connectivity index (χ4n) is 2.17. The minimum Gasteiger partial charge on any atom is -0.0999 e. The molecule has 0 bridgehead atoms. The second-order valence-electron chi connectivity index (χ2n) is 3.96. The van der Waals surface area contributed by atoms with E-state index < -0.39 is 0 Å². The molecule has 0 N–H and O–H groups in total. The third kappa shape index (κ3) is 1.25. The van der Waals surface area contributed by atoms with Crippen molar-refractivity contribution in [2.75, 3.05) is 0 Å². The van der Waals surface area contributed by atoms with E-state index in [0.717, 1.165) is 11.8 Å². The smallest absolute Gasteiger partial charge is 0.0292 e. The molecular weight excluding hydrogens is 120 g/mol. The van der Waals surface area contributed by atoms with E-state index in [9.17, 15) is 0 Å². The minimum absolute atomic E-state index is 1.06. The van der Waals surface area contributed by atoms with Gasteiger partial charge < -0.3 is 0 Å². The van der Waals surface area contributed by atoms with Crippen LogP contribution in [0.25, 0.3) is 0 Å². The molecule has 0 aliphatic heterocycles. The molecule has 2 aliphatic carbocycles. The summed E-state index contributed by atoms with van der Waals surface area (Å²) in [6.45, 7) is 4.09. The molecular formula is C10H16. The second kappa shape index (κ2) is 2.41. The summed E-state index contributed by atoms with van der Waals surface area (Å²) in [5, 5.41) is 0. The first kappa shape index (κ1) is 6.45. The van der Waals surface area contributed by atoms with Crippen molar-refractivity contribution in [3.63, 3.8) is 0 Å². The van der Waals surface area contributed by atoms with Gasteiger partial charge in [0.2, 0.25) is 0 Å². The van der Waals surface area contributed by atoms with Crippen molar-refractivity contribution in [1.82, 2.24) is 0 Å². The number of rotatable bonds is 0. The number of hydrogen-bond acceptors (Lipinski definition) is 0. The van der Waals surface area contributed by atoms with E-state index >= 15 is 0 Å². The van der Waals surface area contributed by atoms with Gasteiger partial charge in [-0.25, -0.2) is 0 Å². The quantitative estimate of drug-likeness (QED) is 0.449. The maximum atomic E-state index is 4.09. The predicted octanol–water partition coefficient (Wildman–Crippen LogP) is 3.14. The molecule has 0 spiro atoms. The Labute approximate surface area is 63.3 Å². The third-order valence-electron chi connectivity index (χ3n) is 2.98. The third-order valence-corrected chi connectivity index (χ3v) is 2.98. The van der Waals surface area contributed by atoms with Gasteiger partial charge in [-0.1, -0.05) is 25.0 Å². The Balaban J connectivity index is 1.91. The molecule has 56 valence electrons. The molecule has 0 heterocycles. The molecule has 0 unspecified atom stereocenters. The molecule has 0 amide bonds. The minimum atomic E-state index is 1.06. The Morgan fingerprint density at radius 3 is 3.00 bits per heavy atom. The second-order valence-corrected chi connectivity index (χ2v) is 3.96. The summed E-state index contributed by atoms with van der Waals surface area (Å²) in [5.41, 5.74) is 1.52. The molecule has 0 aromatic rings. The maximum absolute atomic E-state index is 4.09. The van der Waals surface area contributed by atoms with Gasteiger partial charge in [0.15, 0.2) is 0 Å². The van der Waals surface area contributed by atoms with E-state index in [4.69, 9.17) is 0 Å². The summed E-state index contributed by atoms with van der Waals surface area (Å²) in [6.07, 6.45) is 8.55. The van der Waals surface area contributed by atoms with E-state index in [0.29, 0.717) is 0 Å². The van der Waals surface area contributed by atoms with Crippen LogP contribution in [0.1, 0.15) is 38.5 Å². The van der Waals surface area contributed by atoms with Gasteiger partial charge in [0.1, 0.15) is 0 Å². The Morgan fingerprint density at radius 1 is 1.20 bits per heavy atom. The Bertz CT molecular complexity index is 146. The van der Waals surface area contributed by atoms with Gasteiger partial charge in [-0.3, -0.25) is 0 Å². The van der Waals surface area contributed by atoms with Gasteiger partial charge in [0, 0.05) is 0 Å². The Hall–Kier alpha value is -0.260. The summed E-state index contributed by atoms with van der Waals surface area (Å²) in [7, 11) is 0. The molecule has 0 radical (unpaired) electrons. The van der Waals surface area contributed by atoms with Crippen LogP contribution in [0.2, 0.25) is 0 Å². The highest BCUT2D eigenvalue weighted by Gasteiger charge is 2.36. The summed E-state index contributed by atoms with van der Waals surface area (Å²) in [4.78, 5) is 0. The highest BCUT2D eigenvalue weighted by molar-refractivity contribution is 5.03. The lowest BCUT2D eigenvalue weighted by Crippen LogP contribution is -1.93. The van der Waals surface area contributed by atoms with Gasteiger partial charge in [0.25, 0.3) is 0 Å². The zero-order valence-electron chi connectivity index (χ0n) is 6.60. The highest BCUT2D eigenvalue weighted by atomic mass is 14.4. The van der Waals surface area contributed by atoms with Crippen LogP contribution in [0.3, 0.4) is 0 Å². The van der Waals surface area contributed by atoms with Crippen molar-refractivity contribution in [3.05, 3.63) is 12.2 Å². The van der Waals surface area contributed by atoms with Crippen LogP contribution >= 0.6 is 0 Å². The topological polar surface area (TPSA) is 0 Å². The van der Waals surface area contributed by atoms with Crippen molar-refractivity contribution in [1.29, 1.82) is 0 Å². The SMILES string of the molecule is C=C1CCCC[C@@H]2C[C@@H]2C1. The van der Waals surface area contributed by atoms with Crippen molar-refractivity contribution in [3.8, 4) is 0 Å². The average Bonchev–Trinajstić information content (AvgIpc) is 2.54. The zero-order valence-corrected chi connectivity index (χ0v) is 6.60. The maximum Gasteiger partial charge on any atom is -0.0292 e. The largest absolute Gasteiger partial charge is 0.0999 e. The predicted molar refractivity (Wildman–Crippen MR) is 43.8 cm³/mol. The molecule has 2 aliphatic rings. The van der Waals surface area contributed by atoms with E-state index in [-0.39, 0.29) is 0 Å². The van der Waals surface area contributed by atoms with Crippen LogP contribution in [0.5, 0.6) is 0 Å². The molecule has 2 rings (SSSR count). The van der Waals surface area contributed by atoms with Crippen LogP contribution in [0, 0.1) is 11.8 Å². The number of hydrogen-bond donors (Lipinski definition) is 0. The fraction of sp³-hybridized carbons (Fsp3) is 0.800. The lowest BCUT2D eigenvalue weighted by molar-refractivity contribution is 0.546. The van der Waals surface area contributed by atoms with Gasteiger partial charge in [-0.05, 0) is 37.5 Å². The normalized spacial score (nSPS) is 39.8. The first-order valence-corrected chi connectivity index (χ1v) is 4.53. The first-order valence-electron chi connectivity index (χ1n) is 4.53. The van der Waals surface area contributed by atoms with E-state index in [2.05, 4.69) is 6.58 Å². The molecule has 2 saturated carbocycles. The van der Waals surface area contributed by atoms with Crippen LogP contribution in [-0.4, -0.2) is 0 Å². The van der Waals surface area contributed by atoms with Crippen molar-refractivity contribution in [2.45, 2.75) is 38.5 Å². The molecule has 0 nitrogen and oxygen atoms in total. The molecule has 2 fully saturated rings. The molecule has 10 heavy (non-hydrogen) atoms. The summed E-state index contributed by atoms with van der Waals surface area (Å²) in [5.74, 6) is 2.17. The molecule has 0 saturated heterocycles. The van der Waals surface area contributed by atoms with Crippen molar-refractivity contribution < 1.29 is 0 Å². The van der Waals surface area contributed by atoms with Crippen LogP contribution in [0.4, 0.5) is 0 Å². The monoisotopic (exact) mass is 136 g/mol. The summed E-state index contributed by atoms with van der Waals surface area (Å²) >= 11 is 0. The molecule has 0 heteroatoms. The molecule has 0 aromatic carbocycles. The van der Waals surface area contributed by atoms with Gasteiger partial charge in [-0.2, -0.15) is 0 Å². The first-order chi connectivity index (χ1) is 4.86. The van der Waals surface area contributed by atoms with Crippen LogP contribution in [0.15, 0.2) is 12.2 Å². The fourth-order valence-corrected chi connectivity index (χ4v) is 2.17. The van der Waals surface area contributed by atoms with E-state index in [1.165, 1.54) is 44.1 Å². The molecule has 2 atom stereocenters. The summed E-state index contributed by atoms with van der Waals surface area (Å²) in [6, 6.07) is 0. The average molecular weight is 136 g/mol. The lowest BCUT2D eigenvalue weighted by atomic mass is 9.98. The van der Waals surface area contributed by atoms with E-state index in [1.807, 2.05) is 0 Å². The zero-order chi connectivity index (χ0) is 6.97. The summed E-state index contributed by atoms with van der Waals surface area (Å²) < 4.78 is 0. The number of allylic oxidation sites excluding steroid dienone is 1. The highest BCUT2D eigenvalue weighted by Crippen LogP contribution is 2.48. The van der Waals surface area contributed by atoms with Crippen LogP contribution < -0.4 is 0 Å². The lowest BCUT2D eigenvalue weighted by Gasteiger charge is -2.08. The van der Waals surface area contributed by atoms with Crippen molar-refractivity contribution >= 4 is 0 Å². The van der Waals surface area contributed by atoms with Gasteiger partial charge in [0.05, 0.1) is 0 Å². The standard InChI is InChI=1S/C10H16/c1-8-4-2-3-5-9-7-10(9)6-8/h9-10H,1-7H2/t9-,10+/m1/s1. The molecule has 0 aromatic heterocycles. The number of fused-ring (bicyclic) bond motifs is 1. The van der Waals surface area contributed by atoms with E-state index in [1.54, 1.807) is 0 Å². The Morgan fingerprint density at radius 2 is 2.10 bits per heavy atom. The van der Waals surface area contributed by atoms with Crippen LogP contribution in [-0.2, 0) is 0 Å². The van der Waals surface area contributed by atoms with Gasteiger partial charge >= 0.3 is 0 Å². The van der Waals surface area contributed by atoms with Crippen molar-refractivity contribution in [2.24, 2.45) is 11.8 Å².